The third-order valence-electron chi connectivity index (χ3n) is 22.2. The van der Waals surface area contributed by atoms with E-state index >= 15 is 0 Å². The van der Waals surface area contributed by atoms with Crippen LogP contribution in [0.15, 0.2) is 310 Å². The van der Waals surface area contributed by atoms with Gasteiger partial charge in [0.25, 0.3) is 29.5 Å². The van der Waals surface area contributed by atoms with Crippen LogP contribution in [0, 0.1) is 0 Å². The summed E-state index contributed by atoms with van der Waals surface area (Å²) in [7, 11) is 3.29. The van der Waals surface area contributed by atoms with Gasteiger partial charge in [-0.1, -0.05) is 168 Å². The first-order valence-electron chi connectivity index (χ1n) is 40.1. The van der Waals surface area contributed by atoms with E-state index in [4.69, 9.17) is 37.4 Å². The molecule has 11 aromatic rings. The largest absolute Gasteiger partial charge is 0.496 e. The highest BCUT2D eigenvalue weighted by atomic mass is 79.9. The summed E-state index contributed by atoms with van der Waals surface area (Å²) in [4.78, 5) is 62.2. The standard InChI is InChI=1S/C22H25N3O3.C20H17N5O.C18H17N3O2.C17H14BrN3O.C17H13Cl2N3O/c1-3-4-11-28-14-9-10-15(19(12-14)27-2)21-20-18(13-23-22(20)26)24-16-7-5-6-8-17(16)25-21;26-20-18-17(12-21-20)23-15-4-1-2-5-16(15)24-19(18)13-6-8-14(9-7-13)25-11-3-10-22-25;1-23-15-9-5-2-6-11(15)17-16-14(10-19-18(16)22)20-12-7-3-4-8-13(12)21-17;18-11-6-2-1-5-10(11)16-15-14(9-19-17(15)22)20-12-7-3-4-8-13(12)21-16;18-9-5-6-10(11(19)7-9)16-15-14(8-20-17(15)23)21-12-3-1-2-4-13(12)22-16/h5-10,12,21,24-25H,3-4,11,13H2,1-2H3,(H,23,26);1-11,19,23-24H,12H2,(H,21,26);2-9,17,20-21H,10H2,1H3,(H,19,22);1-8,16,20-21H,9H2,(H,19,22);1-7,16,21-22H,8H2,(H,20,23). The number of halogens is 3. The Morgan fingerprint density at radius 3 is 1.15 bits per heavy atom. The molecule has 0 saturated heterocycles. The SMILES string of the molecule is CCCCOc1ccc(C2Nc3ccccc3NC3=C2C(=O)NC3)c(OC)c1.COc1ccccc1C1Nc2ccccc2NC2=C1C(=O)NC2.O=C1NCC2=C1C(c1ccc(-n3cccn3)cc1)Nc1ccccc1N2.O=C1NCC2=C1C(c1ccc(Cl)cc1Cl)Nc1ccccc1N2.O=C1NCC2=C1C(c1ccccc1Br)Nc1ccccc1N2. The molecule has 122 heavy (non-hydrogen) atoms. The maximum absolute atomic E-state index is 12.6. The number of unbranched alkanes of at least 4 members (excludes halogenated alkanes) is 1. The smallest absolute Gasteiger partial charge is 0.251 e. The molecule has 5 atom stereocenters. The van der Waals surface area contributed by atoms with E-state index in [-0.39, 0.29) is 59.7 Å². The summed E-state index contributed by atoms with van der Waals surface area (Å²) in [6.07, 6.45) is 5.75. The zero-order valence-electron chi connectivity index (χ0n) is 66.5. The lowest BCUT2D eigenvalue weighted by molar-refractivity contribution is -0.117. The molecule has 25 nitrogen and oxygen atoms in total. The number of anilines is 10. The molecule has 11 heterocycles. The molecule has 5 unspecified atom stereocenters. The second kappa shape index (κ2) is 35.9. The number of hydrogen-bond acceptors (Lipinski definition) is 19. The van der Waals surface area contributed by atoms with Crippen LogP contribution >= 0.6 is 39.1 Å². The third-order valence-corrected chi connectivity index (χ3v) is 23.5. The van der Waals surface area contributed by atoms with Crippen molar-refractivity contribution in [3.05, 3.63) is 348 Å². The van der Waals surface area contributed by atoms with Crippen LogP contribution in [0.1, 0.15) is 77.8 Å². The van der Waals surface area contributed by atoms with Gasteiger partial charge in [0.05, 0.1) is 174 Å². The second-order valence-electron chi connectivity index (χ2n) is 29.7. The zero-order valence-corrected chi connectivity index (χ0v) is 69.6. The number of carbonyl (C=O) groups is 5. The van der Waals surface area contributed by atoms with Crippen molar-refractivity contribution in [2.75, 3.05) is 107 Å². The number of carbonyl (C=O) groups excluding carboxylic acids is 5. The van der Waals surface area contributed by atoms with Crippen molar-refractivity contribution < 1.29 is 38.2 Å². The predicted molar refractivity (Wildman–Crippen MR) is 483 cm³/mol. The van der Waals surface area contributed by atoms with E-state index in [0.717, 1.165) is 159 Å². The van der Waals surface area contributed by atoms with E-state index in [1.54, 1.807) is 32.5 Å². The van der Waals surface area contributed by atoms with Gasteiger partial charge in [0, 0.05) is 72.6 Å². The Morgan fingerprint density at radius 1 is 0.385 bits per heavy atom. The predicted octanol–water partition coefficient (Wildman–Crippen LogP) is 16.7. The number of hydrogen-bond donors (Lipinski definition) is 15. The fraction of sp³-hybridized carbons (Fsp3) is 0.170. The van der Waals surface area contributed by atoms with E-state index in [9.17, 15) is 24.0 Å². The Bertz CT molecular complexity index is 6090. The summed E-state index contributed by atoms with van der Waals surface area (Å²) in [5, 5.41) is 54.3. The Balaban J connectivity index is 0.000000109. The molecule has 10 aliphatic heterocycles. The maximum Gasteiger partial charge on any atom is 0.251 e. The molecule has 0 saturated carbocycles. The molecule has 616 valence electrons. The summed E-state index contributed by atoms with van der Waals surface area (Å²) in [6, 6.07) is 75.3. The topological polar surface area (TPSA) is 311 Å². The molecule has 10 aromatic carbocycles. The summed E-state index contributed by atoms with van der Waals surface area (Å²) in [5.41, 5.74) is 23.4. The third kappa shape index (κ3) is 16.7. The number of benzene rings is 10. The minimum atomic E-state index is -0.339. The molecule has 28 heteroatoms. The molecule has 10 aliphatic rings. The number of aromatic nitrogens is 2. The number of ether oxygens (including phenoxy) is 3. The van der Waals surface area contributed by atoms with Gasteiger partial charge in [-0.05, 0) is 138 Å². The minimum absolute atomic E-state index is 0.0245. The highest BCUT2D eigenvalue weighted by Crippen LogP contribution is 2.47. The average molecular weight is 1730 g/mol. The molecule has 0 fully saturated rings. The van der Waals surface area contributed by atoms with Gasteiger partial charge in [-0.25, -0.2) is 4.68 Å². The highest BCUT2D eigenvalue weighted by molar-refractivity contribution is 9.10. The Labute approximate surface area is 722 Å². The first kappa shape index (κ1) is 80.3. The first-order chi connectivity index (χ1) is 59.6. The number of rotatable bonds is 12. The molecular formula is C94H86BrCl2N17O8. The molecular weight excluding hydrogens is 1650 g/mol. The first-order valence-corrected chi connectivity index (χ1v) is 41.6. The molecule has 0 radical (unpaired) electrons. The molecule has 0 aliphatic carbocycles. The quantitative estimate of drug-likeness (QED) is 0.0506. The average Bonchev–Trinajstić information content (AvgIpc) is 1.64. The monoisotopic (exact) mass is 1730 g/mol. The van der Waals surface area contributed by atoms with Crippen molar-refractivity contribution in [1.82, 2.24) is 36.4 Å². The fourth-order valence-electron chi connectivity index (χ4n) is 16.2. The van der Waals surface area contributed by atoms with E-state index in [0.29, 0.717) is 71.8 Å². The van der Waals surface area contributed by atoms with Gasteiger partial charge in [-0.2, -0.15) is 5.10 Å². The summed E-state index contributed by atoms with van der Waals surface area (Å²) in [6.45, 7) is 5.34. The molecule has 21 rings (SSSR count). The van der Waals surface area contributed by atoms with Crippen LogP contribution < -0.4 is 94.0 Å². The van der Waals surface area contributed by atoms with Gasteiger partial charge >= 0.3 is 0 Å². The summed E-state index contributed by atoms with van der Waals surface area (Å²) < 4.78 is 19.8. The van der Waals surface area contributed by atoms with E-state index in [2.05, 4.69) is 108 Å². The molecule has 5 amide bonds. The van der Waals surface area contributed by atoms with Crippen molar-refractivity contribution in [3.8, 4) is 22.9 Å². The van der Waals surface area contributed by atoms with Crippen molar-refractivity contribution in [1.29, 1.82) is 0 Å². The van der Waals surface area contributed by atoms with E-state index in [1.807, 2.05) is 235 Å². The molecule has 1 aromatic heterocycles. The van der Waals surface area contributed by atoms with Crippen molar-refractivity contribution >= 4 is 126 Å². The lowest BCUT2D eigenvalue weighted by atomic mass is 9.96. The van der Waals surface area contributed by atoms with Gasteiger partial charge in [0.15, 0.2) is 0 Å². The number of para-hydroxylation sites is 11. The van der Waals surface area contributed by atoms with Crippen LogP contribution in [0.25, 0.3) is 5.69 Å². The summed E-state index contributed by atoms with van der Waals surface area (Å²) >= 11 is 16.0. The van der Waals surface area contributed by atoms with Crippen molar-refractivity contribution in [3.63, 3.8) is 0 Å². The molecule has 0 spiro atoms. The fourth-order valence-corrected chi connectivity index (χ4v) is 17.3. The van der Waals surface area contributed by atoms with Crippen molar-refractivity contribution in [2.45, 2.75) is 50.0 Å². The van der Waals surface area contributed by atoms with E-state index < -0.39 is 0 Å². The second-order valence-corrected chi connectivity index (χ2v) is 31.4. The van der Waals surface area contributed by atoms with Gasteiger partial charge in [-0.15, -0.1) is 0 Å². The molecule has 0 bridgehead atoms. The van der Waals surface area contributed by atoms with Gasteiger partial charge in [0.2, 0.25) is 0 Å². The minimum Gasteiger partial charge on any atom is -0.496 e. The number of nitrogens with one attached hydrogen (secondary N) is 15. The normalized spacial score (nSPS) is 18.7. The summed E-state index contributed by atoms with van der Waals surface area (Å²) in [5.74, 6) is 1.95. The number of methoxy groups -OCH3 is 2. The number of amides is 5. The number of nitrogens with zero attached hydrogens (tertiary/aromatic N) is 2. The van der Waals surface area contributed by atoms with Crippen LogP contribution in [0.5, 0.6) is 17.2 Å². The van der Waals surface area contributed by atoms with Crippen LogP contribution in [-0.2, 0) is 24.0 Å². The van der Waals surface area contributed by atoms with Gasteiger partial charge in [0.1, 0.15) is 17.2 Å². The zero-order chi connectivity index (χ0) is 83.9. The number of fused-ring (bicyclic) bond motifs is 5. The Morgan fingerprint density at radius 2 is 0.746 bits per heavy atom. The van der Waals surface area contributed by atoms with Crippen LogP contribution in [-0.4, -0.2) is 92.9 Å². The van der Waals surface area contributed by atoms with Crippen LogP contribution in [0.3, 0.4) is 0 Å². The maximum atomic E-state index is 12.6. The highest BCUT2D eigenvalue weighted by Gasteiger charge is 2.41. The van der Waals surface area contributed by atoms with Crippen molar-refractivity contribution in [2.24, 2.45) is 0 Å². The Hall–Kier alpha value is -14.1. The molecule has 15 N–H and O–H groups in total. The van der Waals surface area contributed by atoms with Gasteiger partial charge in [-0.3, -0.25) is 24.0 Å². The van der Waals surface area contributed by atoms with E-state index in [1.165, 1.54) is 0 Å². The Kier molecular flexibility index (Phi) is 23.6. The lowest BCUT2D eigenvalue weighted by Crippen LogP contribution is -2.24. The lowest BCUT2D eigenvalue weighted by Gasteiger charge is -2.22. The van der Waals surface area contributed by atoms with Crippen LogP contribution in [0.2, 0.25) is 10.0 Å². The van der Waals surface area contributed by atoms with Gasteiger partial charge < -0.3 is 94.0 Å². The van der Waals surface area contributed by atoms with Crippen LogP contribution in [0.4, 0.5) is 56.9 Å².